The van der Waals surface area contributed by atoms with E-state index in [1.54, 1.807) is 7.05 Å². The van der Waals surface area contributed by atoms with E-state index in [1.165, 1.54) is 4.90 Å². The molecule has 1 N–H and O–H groups in total. The van der Waals surface area contributed by atoms with E-state index in [9.17, 15) is 14.4 Å². The fraction of sp³-hybridized carbons (Fsp3) is 0.438. The van der Waals surface area contributed by atoms with Gasteiger partial charge in [-0.15, -0.1) is 0 Å². The molecule has 116 valence electrons. The highest BCUT2D eigenvalue weighted by Crippen LogP contribution is 2.09. The lowest BCUT2D eigenvalue weighted by Gasteiger charge is -2.34. The Hall–Kier alpha value is -2.21. The molecule has 2 aliphatic rings. The molecule has 0 saturated carbocycles. The number of nitrogens with zero attached hydrogens (tertiary/aromatic N) is 2. The van der Waals surface area contributed by atoms with Crippen LogP contribution in [0.25, 0.3) is 0 Å². The van der Waals surface area contributed by atoms with Gasteiger partial charge in [0.05, 0.1) is 32.6 Å². The maximum Gasteiger partial charge on any atom is 0.287 e. The van der Waals surface area contributed by atoms with Crippen molar-refractivity contribution in [1.29, 1.82) is 0 Å². The molecule has 0 spiro atoms. The molecular weight excluding hydrogens is 282 g/mol. The van der Waals surface area contributed by atoms with Gasteiger partial charge in [-0.1, -0.05) is 18.2 Å². The summed E-state index contributed by atoms with van der Waals surface area (Å²) in [6, 6.07) is 8.95. The van der Waals surface area contributed by atoms with E-state index < -0.39 is 0 Å². The van der Waals surface area contributed by atoms with Crippen LogP contribution in [0.2, 0.25) is 0 Å². The molecule has 1 atom stereocenters. The van der Waals surface area contributed by atoms with E-state index in [1.807, 2.05) is 35.2 Å². The zero-order valence-corrected chi connectivity index (χ0v) is 12.6. The zero-order chi connectivity index (χ0) is 15.7. The molecule has 2 saturated heterocycles. The first-order valence-electron chi connectivity index (χ1n) is 7.57. The molecule has 0 aliphatic carbocycles. The van der Waals surface area contributed by atoms with E-state index in [0.29, 0.717) is 31.7 Å². The van der Waals surface area contributed by atoms with E-state index in [0.717, 1.165) is 4.90 Å². The highest BCUT2D eigenvalue weighted by molar-refractivity contribution is 6.04. The fourth-order valence-corrected chi connectivity index (χ4v) is 3.18. The van der Waals surface area contributed by atoms with Crippen LogP contribution in [0.5, 0.6) is 0 Å². The van der Waals surface area contributed by atoms with Crippen LogP contribution in [0, 0.1) is 0 Å². The first-order valence-corrected chi connectivity index (χ1v) is 7.57. The summed E-state index contributed by atoms with van der Waals surface area (Å²) >= 11 is 0. The molecule has 6 nitrogen and oxygen atoms in total. The van der Waals surface area contributed by atoms with Crippen molar-refractivity contribution in [2.45, 2.75) is 12.5 Å². The van der Waals surface area contributed by atoms with Crippen LogP contribution in [0.15, 0.2) is 30.3 Å². The van der Waals surface area contributed by atoms with Crippen LogP contribution >= 0.6 is 0 Å². The topological polar surface area (TPSA) is 62.1 Å². The number of imide groups is 1. The van der Waals surface area contributed by atoms with Gasteiger partial charge in [-0.3, -0.25) is 19.3 Å². The number of hydrogen-bond donors (Lipinski definition) is 1. The molecule has 2 aliphatic heterocycles. The van der Waals surface area contributed by atoms with Crippen molar-refractivity contribution >= 4 is 17.7 Å². The van der Waals surface area contributed by atoms with Gasteiger partial charge in [-0.25, -0.2) is 0 Å². The monoisotopic (exact) mass is 302 g/mol. The zero-order valence-electron chi connectivity index (χ0n) is 12.6. The molecule has 2 heterocycles. The molecule has 0 radical (unpaired) electrons. The average molecular weight is 302 g/mol. The van der Waals surface area contributed by atoms with Crippen molar-refractivity contribution in [1.82, 2.24) is 9.80 Å². The number of amides is 3. The van der Waals surface area contributed by atoms with Crippen LogP contribution in [0.3, 0.4) is 0 Å². The lowest BCUT2D eigenvalue weighted by Crippen LogP contribution is -3.19. The maximum atomic E-state index is 12.4. The van der Waals surface area contributed by atoms with Crippen LogP contribution in [0.1, 0.15) is 16.8 Å². The second-order valence-electron chi connectivity index (χ2n) is 5.86. The number of likely N-dealkylation sites (N-methyl/N-ethyl adjacent to an activating group) is 1. The number of rotatable bonds is 2. The molecule has 0 bridgehead atoms. The predicted molar refractivity (Wildman–Crippen MR) is 79.2 cm³/mol. The molecular formula is C16H20N3O3+. The second-order valence-corrected chi connectivity index (χ2v) is 5.86. The molecule has 1 aromatic carbocycles. The molecule has 3 amide bonds. The standard InChI is InChI=1S/C16H19N3O3/c1-17-14(20)11-13(16(17)22)18-7-9-19(10-8-18)15(21)12-5-3-2-4-6-12/h2-6,13H,7-11H2,1H3/p+1/t13-/m1/s1. The number of hydrogen-bond acceptors (Lipinski definition) is 3. The highest BCUT2D eigenvalue weighted by atomic mass is 16.2. The Morgan fingerprint density at radius 2 is 1.77 bits per heavy atom. The molecule has 1 aromatic rings. The Kier molecular flexibility index (Phi) is 3.94. The lowest BCUT2D eigenvalue weighted by atomic mass is 10.1. The van der Waals surface area contributed by atoms with Crippen molar-refractivity contribution in [3.8, 4) is 0 Å². The van der Waals surface area contributed by atoms with Gasteiger partial charge in [0, 0.05) is 12.6 Å². The molecule has 2 fully saturated rings. The number of likely N-dealkylation sites (tertiary alicyclic amines) is 1. The maximum absolute atomic E-state index is 12.4. The Bertz CT molecular complexity index is 594. The quantitative estimate of drug-likeness (QED) is 0.697. The lowest BCUT2D eigenvalue weighted by molar-refractivity contribution is -0.918. The van der Waals surface area contributed by atoms with Gasteiger partial charge in [0.2, 0.25) is 5.91 Å². The van der Waals surface area contributed by atoms with Crippen molar-refractivity contribution in [2.75, 3.05) is 33.2 Å². The molecule has 22 heavy (non-hydrogen) atoms. The number of piperazine rings is 1. The minimum absolute atomic E-state index is 0.0330. The van der Waals surface area contributed by atoms with Crippen molar-refractivity contribution in [3.63, 3.8) is 0 Å². The summed E-state index contributed by atoms with van der Waals surface area (Å²) in [7, 11) is 1.54. The van der Waals surface area contributed by atoms with E-state index in [2.05, 4.69) is 0 Å². The van der Waals surface area contributed by atoms with Crippen LogP contribution in [-0.2, 0) is 9.59 Å². The van der Waals surface area contributed by atoms with E-state index in [4.69, 9.17) is 0 Å². The molecule has 3 rings (SSSR count). The van der Waals surface area contributed by atoms with E-state index >= 15 is 0 Å². The van der Waals surface area contributed by atoms with Gasteiger partial charge in [-0.2, -0.15) is 0 Å². The Balaban J connectivity index is 1.60. The number of benzene rings is 1. The van der Waals surface area contributed by atoms with Gasteiger partial charge >= 0.3 is 0 Å². The Morgan fingerprint density at radius 3 is 2.32 bits per heavy atom. The molecule has 6 heteroatoms. The van der Waals surface area contributed by atoms with Crippen LogP contribution < -0.4 is 4.90 Å². The third kappa shape index (κ3) is 2.62. The summed E-state index contributed by atoms with van der Waals surface area (Å²) in [5.74, 6) is -0.168. The Morgan fingerprint density at radius 1 is 1.14 bits per heavy atom. The number of nitrogens with one attached hydrogen (secondary N) is 1. The van der Waals surface area contributed by atoms with Crippen LogP contribution in [-0.4, -0.2) is 66.8 Å². The summed E-state index contributed by atoms with van der Waals surface area (Å²) in [5.41, 5.74) is 0.692. The number of carbonyl (C=O) groups is 3. The van der Waals surface area contributed by atoms with Gasteiger partial charge in [-0.05, 0) is 12.1 Å². The van der Waals surface area contributed by atoms with Gasteiger partial charge in [0.1, 0.15) is 0 Å². The van der Waals surface area contributed by atoms with Gasteiger partial charge < -0.3 is 9.80 Å². The summed E-state index contributed by atoms with van der Waals surface area (Å²) in [5, 5.41) is 0. The predicted octanol–water partition coefficient (Wildman–Crippen LogP) is -1.22. The minimum Gasteiger partial charge on any atom is -0.327 e. The van der Waals surface area contributed by atoms with Gasteiger partial charge in [0.25, 0.3) is 11.8 Å². The van der Waals surface area contributed by atoms with Crippen molar-refractivity contribution < 1.29 is 19.3 Å². The van der Waals surface area contributed by atoms with Crippen LogP contribution in [0.4, 0.5) is 0 Å². The minimum atomic E-state index is -0.272. The second kappa shape index (κ2) is 5.88. The highest BCUT2D eigenvalue weighted by Gasteiger charge is 2.44. The number of quaternary nitrogens is 1. The van der Waals surface area contributed by atoms with Crippen molar-refractivity contribution in [2.24, 2.45) is 0 Å². The smallest absolute Gasteiger partial charge is 0.287 e. The normalized spacial score (nSPS) is 23.2. The summed E-state index contributed by atoms with van der Waals surface area (Å²) < 4.78 is 0. The number of carbonyl (C=O) groups excluding carboxylic acids is 3. The third-order valence-electron chi connectivity index (χ3n) is 4.59. The summed E-state index contributed by atoms with van der Waals surface area (Å²) in [6.07, 6.45) is 0.289. The Labute approximate surface area is 129 Å². The first kappa shape index (κ1) is 14.7. The van der Waals surface area contributed by atoms with Gasteiger partial charge in [0.15, 0.2) is 6.04 Å². The SMILES string of the molecule is CN1C(=O)C[C@@H]([NH+]2CCN(C(=O)c3ccccc3)CC2)C1=O. The fourth-order valence-electron chi connectivity index (χ4n) is 3.18. The summed E-state index contributed by atoms with van der Waals surface area (Å²) in [6.45, 7) is 2.64. The molecule has 0 unspecified atom stereocenters. The first-order chi connectivity index (χ1) is 10.6. The molecule has 0 aromatic heterocycles. The van der Waals surface area contributed by atoms with Crippen molar-refractivity contribution in [3.05, 3.63) is 35.9 Å². The van der Waals surface area contributed by atoms with E-state index in [-0.39, 0.29) is 30.2 Å². The summed E-state index contributed by atoms with van der Waals surface area (Å²) in [4.78, 5) is 40.2. The largest absolute Gasteiger partial charge is 0.327 e. The average Bonchev–Trinajstić information content (AvgIpc) is 2.83. The third-order valence-corrected chi connectivity index (χ3v) is 4.59.